The Kier molecular flexibility index (Phi) is 8.13. The van der Waals surface area contributed by atoms with Crippen LogP contribution in [0.15, 0.2) is 18.2 Å². The number of fused-ring (bicyclic) bond motifs is 1. The summed E-state index contributed by atoms with van der Waals surface area (Å²) in [4.78, 5) is 14.7. The number of hydrogen-bond acceptors (Lipinski definition) is 5. The fraction of sp³-hybridized carbons (Fsp3) is 0.682. The quantitative estimate of drug-likeness (QED) is 0.673. The molecule has 1 aromatic carbocycles. The predicted molar refractivity (Wildman–Crippen MR) is 118 cm³/mol. The van der Waals surface area contributed by atoms with Crippen LogP contribution in [0.5, 0.6) is 5.75 Å². The Labute approximate surface area is 180 Å². The molecule has 8 heteroatoms. The number of carbonyl (C=O) groups is 1. The van der Waals surface area contributed by atoms with Crippen LogP contribution in [0.2, 0.25) is 0 Å². The monoisotopic (exact) mass is 437 g/mol. The average Bonchev–Trinajstić information content (AvgIpc) is 2.95. The molecule has 1 amide bonds. The minimum atomic E-state index is -3.27. The maximum absolute atomic E-state index is 12.3. The molecule has 3 rings (SSSR count). The van der Waals surface area contributed by atoms with Gasteiger partial charge in [0.25, 0.3) is 0 Å². The number of rotatable bonds is 8. The normalized spacial score (nSPS) is 19.0. The van der Waals surface area contributed by atoms with Crippen molar-refractivity contribution in [1.82, 2.24) is 14.5 Å². The molecular formula is C22H35N3O4S. The van der Waals surface area contributed by atoms with E-state index in [1.54, 1.807) is 0 Å². The average molecular weight is 438 g/mol. The van der Waals surface area contributed by atoms with E-state index in [9.17, 15) is 13.2 Å². The summed E-state index contributed by atoms with van der Waals surface area (Å²) < 4.78 is 30.9. The highest BCUT2D eigenvalue weighted by molar-refractivity contribution is 7.88. The van der Waals surface area contributed by atoms with E-state index in [0.29, 0.717) is 32.5 Å². The van der Waals surface area contributed by atoms with Crippen LogP contribution in [0.4, 0.5) is 0 Å². The summed E-state index contributed by atoms with van der Waals surface area (Å²) in [5, 5.41) is 3.06. The van der Waals surface area contributed by atoms with Gasteiger partial charge in [0.05, 0.1) is 6.26 Å². The van der Waals surface area contributed by atoms with Crippen molar-refractivity contribution in [2.24, 2.45) is 5.92 Å². The number of piperidine rings is 1. The second kappa shape index (κ2) is 10.6. The van der Waals surface area contributed by atoms with Gasteiger partial charge in [0.15, 0.2) is 0 Å². The summed E-state index contributed by atoms with van der Waals surface area (Å²) in [6.45, 7) is 7.44. The number of aryl methyl sites for hydroxylation is 1. The first-order valence-corrected chi connectivity index (χ1v) is 12.9. The third-order valence-corrected chi connectivity index (χ3v) is 7.46. The van der Waals surface area contributed by atoms with Gasteiger partial charge < -0.3 is 15.0 Å². The zero-order valence-electron chi connectivity index (χ0n) is 18.2. The van der Waals surface area contributed by atoms with Gasteiger partial charge in [0.1, 0.15) is 12.4 Å². The zero-order valence-corrected chi connectivity index (χ0v) is 19.0. The summed E-state index contributed by atoms with van der Waals surface area (Å²) >= 11 is 0. The van der Waals surface area contributed by atoms with Crippen LogP contribution in [-0.4, -0.2) is 69.1 Å². The van der Waals surface area contributed by atoms with E-state index in [1.165, 1.54) is 36.5 Å². The van der Waals surface area contributed by atoms with Crippen LogP contribution in [0.3, 0.4) is 0 Å². The molecule has 2 aliphatic heterocycles. The largest absolute Gasteiger partial charge is 0.492 e. The number of nitrogens with zero attached hydrogens (tertiary/aromatic N) is 2. The van der Waals surface area contributed by atoms with E-state index >= 15 is 0 Å². The van der Waals surface area contributed by atoms with E-state index < -0.39 is 10.0 Å². The number of hydrogen-bond donors (Lipinski definition) is 1. The molecular weight excluding hydrogens is 402 g/mol. The Morgan fingerprint density at radius 2 is 2.00 bits per heavy atom. The number of carbonyl (C=O) groups excluding carboxylic acids is 1. The molecule has 30 heavy (non-hydrogen) atoms. The molecule has 1 saturated heterocycles. The van der Waals surface area contributed by atoms with Crippen LogP contribution in [-0.2, 0) is 27.8 Å². The van der Waals surface area contributed by atoms with Gasteiger partial charge >= 0.3 is 0 Å². The molecule has 1 aromatic rings. The van der Waals surface area contributed by atoms with Crippen molar-refractivity contribution < 1.29 is 17.9 Å². The molecule has 0 radical (unpaired) electrons. The summed E-state index contributed by atoms with van der Waals surface area (Å²) in [6.07, 6.45) is 5.80. The number of benzene rings is 1. The van der Waals surface area contributed by atoms with Crippen molar-refractivity contribution in [2.45, 2.75) is 45.6 Å². The minimum Gasteiger partial charge on any atom is -0.492 e. The molecule has 7 nitrogen and oxygen atoms in total. The Hall–Kier alpha value is -1.64. The number of likely N-dealkylation sites (tertiary alicyclic amines) is 1. The fourth-order valence-electron chi connectivity index (χ4n) is 4.22. The van der Waals surface area contributed by atoms with Gasteiger partial charge in [-0.05, 0) is 62.9 Å². The predicted octanol–water partition coefficient (Wildman–Crippen LogP) is 2.01. The number of nitrogens with one attached hydrogen (secondary N) is 1. The van der Waals surface area contributed by atoms with Crippen molar-refractivity contribution in [2.75, 3.05) is 45.6 Å². The van der Waals surface area contributed by atoms with Crippen molar-refractivity contribution in [3.63, 3.8) is 0 Å². The number of sulfonamides is 1. The van der Waals surface area contributed by atoms with Crippen molar-refractivity contribution in [3.05, 3.63) is 29.3 Å². The van der Waals surface area contributed by atoms with Crippen LogP contribution in [0.1, 0.15) is 43.7 Å². The molecule has 0 aliphatic carbocycles. The van der Waals surface area contributed by atoms with Crippen LogP contribution in [0, 0.1) is 5.92 Å². The van der Waals surface area contributed by atoms with E-state index in [1.807, 2.05) is 18.2 Å². The molecule has 1 N–H and O–H groups in total. The highest BCUT2D eigenvalue weighted by atomic mass is 32.2. The van der Waals surface area contributed by atoms with Gasteiger partial charge in [0, 0.05) is 31.6 Å². The second-order valence-electron chi connectivity index (χ2n) is 8.40. The smallest absolute Gasteiger partial charge is 0.220 e. The lowest BCUT2D eigenvalue weighted by atomic mass is 9.93. The maximum atomic E-state index is 12.3. The summed E-state index contributed by atoms with van der Waals surface area (Å²) in [5.41, 5.74) is 1.88. The molecule has 0 atom stereocenters. The van der Waals surface area contributed by atoms with Gasteiger partial charge in [-0.1, -0.05) is 19.1 Å². The van der Waals surface area contributed by atoms with Gasteiger partial charge in [-0.2, -0.15) is 4.31 Å². The first kappa shape index (κ1) is 23.0. The lowest BCUT2D eigenvalue weighted by molar-refractivity contribution is -0.121. The zero-order chi connectivity index (χ0) is 21.6. The number of ether oxygens (including phenoxy) is 1. The van der Waals surface area contributed by atoms with E-state index in [-0.39, 0.29) is 5.91 Å². The highest BCUT2D eigenvalue weighted by Crippen LogP contribution is 2.26. The molecule has 1 fully saturated rings. The van der Waals surface area contributed by atoms with Crippen molar-refractivity contribution in [1.29, 1.82) is 0 Å². The van der Waals surface area contributed by atoms with E-state index in [4.69, 9.17) is 4.74 Å². The SMILES string of the molecule is CCN1CCC(CCNC(=O)CCc2ccc3c(c2)CN(S(C)(=O)=O)CCO3)CC1. The lowest BCUT2D eigenvalue weighted by Gasteiger charge is -2.31. The third-order valence-electron chi connectivity index (χ3n) is 6.21. The van der Waals surface area contributed by atoms with E-state index in [0.717, 1.165) is 42.3 Å². The first-order valence-electron chi connectivity index (χ1n) is 11.0. The minimum absolute atomic E-state index is 0.0740. The van der Waals surface area contributed by atoms with Gasteiger partial charge in [-0.3, -0.25) is 4.79 Å². The fourth-order valence-corrected chi connectivity index (χ4v) is 5.00. The molecule has 0 bridgehead atoms. The van der Waals surface area contributed by atoms with Crippen LogP contribution in [0.25, 0.3) is 0 Å². The molecule has 0 unspecified atom stereocenters. The third kappa shape index (κ3) is 6.68. The molecule has 2 aliphatic rings. The van der Waals surface area contributed by atoms with Gasteiger partial charge in [-0.25, -0.2) is 8.42 Å². The second-order valence-corrected chi connectivity index (χ2v) is 10.4. The van der Waals surface area contributed by atoms with Crippen LogP contribution < -0.4 is 10.1 Å². The van der Waals surface area contributed by atoms with Crippen molar-refractivity contribution >= 4 is 15.9 Å². The molecule has 0 spiro atoms. The lowest BCUT2D eigenvalue weighted by Crippen LogP contribution is -2.35. The van der Waals surface area contributed by atoms with Gasteiger partial charge in [-0.15, -0.1) is 0 Å². The highest BCUT2D eigenvalue weighted by Gasteiger charge is 2.22. The van der Waals surface area contributed by atoms with Gasteiger partial charge in [0.2, 0.25) is 15.9 Å². The Morgan fingerprint density at radius 3 is 2.70 bits per heavy atom. The Morgan fingerprint density at radius 1 is 1.23 bits per heavy atom. The maximum Gasteiger partial charge on any atom is 0.220 e. The van der Waals surface area contributed by atoms with E-state index in [2.05, 4.69) is 17.1 Å². The molecule has 0 saturated carbocycles. The summed E-state index contributed by atoms with van der Waals surface area (Å²) in [6, 6.07) is 5.81. The Bertz CT molecular complexity index is 820. The standard InChI is InChI=1S/C22H35N3O4S/c1-3-24-12-9-18(10-13-24)8-11-23-22(26)7-5-19-4-6-21-20(16-19)17-25(14-15-29-21)30(2,27)28/h4,6,16,18H,3,5,7-15,17H2,1-2H3,(H,23,26). The topological polar surface area (TPSA) is 79.0 Å². The van der Waals surface area contributed by atoms with Crippen LogP contribution >= 0.6 is 0 Å². The molecule has 168 valence electrons. The molecule has 2 heterocycles. The Balaban J connectivity index is 1.43. The summed E-state index contributed by atoms with van der Waals surface area (Å²) in [5.74, 6) is 1.52. The summed E-state index contributed by atoms with van der Waals surface area (Å²) in [7, 11) is -3.27. The first-order chi connectivity index (χ1) is 14.3. The number of amides is 1. The van der Waals surface area contributed by atoms with Crippen molar-refractivity contribution in [3.8, 4) is 5.75 Å². The molecule has 0 aromatic heterocycles.